The van der Waals surface area contributed by atoms with Crippen LogP contribution in [-0.2, 0) is 9.53 Å². The number of ether oxygens (including phenoxy) is 5. The van der Waals surface area contributed by atoms with Gasteiger partial charge in [-0.3, -0.25) is 4.79 Å². The summed E-state index contributed by atoms with van der Waals surface area (Å²) in [7, 11) is 4.40. The molecular weight excluding hydrogens is 440 g/mol. The van der Waals surface area contributed by atoms with Gasteiger partial charge in [0.1, 0.15) is 11.6 Å². The lowest BCUT2D eigenvalue weighted by Gasteiger charge is -2.12. The summed E-state index contributed by atoms with van der Waals surface area (Å²) in [6, 6.07) is 11.3. The van der Waals surface area contributed by atoms with Crippen molar-refractivity contribution in [3.05, 3.63) is 53.1 Å². The van der Waals surface area contributed by atoms with E-state index in [9.17, 15) is 14.9 Å². The van der Waals surface area contributed by atoms with Crippen molar-refractivity contribution in [2.24, 2.45) is 0 Å². The van der Waals surface area contributed by atoms with Crippen molar-refractivity contribution in [1.82, 2.24) is 5.32 Å². The van der Waals surface area contributed by atoms with Gasteiger partial charge in [-0.1, -0.05) is 6.07 Å². The number of benzene rings is 2. The second kappa shape index (κ2) is 13.5. The van der Waals surface area contributed by atoms with E-state index in [1.165, 1.54) is 39.5 Å². The van der Waals surface area contributed by atoms with Crippen molar-refractivity contribution in [3.63, 3.8) is 0 Å². The van der Waals surface area contributed by atoms with Crippen molar-refractivity contribution in [2.45, 2.75) is 13.3 Å². The zero-order chi connectivity index (χ0) is 24.9. The highest BCUT2D eigenvalue weighted by atomic mass is 16.6. The number of nitrogens with one attached hydrogen (secondary N) is 1. The molecule has 0 saturated carbocycles. The van der Waals surface area contributed by atoms with Crippen LogP contribution in [0.15, 0.2) is 42.0 Å². The van der Waals surface area contributed by atoms with Gasteiger partial charge in [-0.25, -0.2) is 4.79 Å². The smallest absolute Gasteiger partial charge is 0.343 e. The predicted molar refractivity (Wildman–Crippen MR) is 125 cm³/mol. The second-order valence-corrected chi connectivity index (χ2v) is 6.85. The summed E-state index contributed by atoms with van der Waals surface area (Å²) < 4.78 is 26.4. The number of carbonyl (C=O) groups excluding carboxylic acids is 2. The van der Waals surface area contributed by atoms with E-state index in [0.29, 0.717) is 43.2 Å². The van der Waals surface area contributed by atoms with E-state index in [0.717, 1.165) is 0 Å². The van der Waals surface area contributed by atoms with Crippen molar-refractivity contribution in [3.8, 4) is 29.1 Å². The van der Waals surface area contributed by atoms with Gasteiger partial charge in [0.2, 0.25) is 0 Å². The molecule has 9 nitrogen and oxygen atoms in total. The highest BCUT2D eigenvalue weighted by Gasteiger charge is 2.16. The number of nitrogens with zero attached hydrogens (tertiary/aromatic N) is 1. The Morgan fingerprint density at radius 2 is 1.65 bits per heavy atom. The van der Waals surface area contributed by atoms with E-state index in [1.54, 1.807) is 24.3 Å². The Morgan fingerprint density at radius 3 is 2.29 bits per heavy atom. The Morgan fingerprint density at radius 1 is 0.971 bits per heavy atom. The highest BCUT2D eigenvalue weighted by molar-refractivity contribution is 6.01. The van der Waals surface area contributed by atoms with E-state index >= 15 is 0 Å². The van der Waals surface area contributed by atoms with Gasteiger partial charge in [0.15, 0.2) is 23.0 Å². The van der Waals surface area contributed by atoms with Crippen LogP contribution in [0.25, 0.3) is 6.08 Å². The Labute approximate surface area is 198 Å². The van der Waals surface area contributed by atoms with Gasteiger partial charge >= 0.3 is 5.97 Å². The molecule has 0 aliphatic carbocycles. The molecule has 9 heteroatoms. The molecule has 2 rings (SSSR count). The summed E-state index contributed by atoms with van der Waals surface area (Å²) in [6.45, 7) is 3.43. The maximum Gasteiger partial charge on any atom is 0.343 e. The Kier molecular flexibility index (Phi) is 10.4. The Bertz CT molecular complexity index is 1070. The first-order chi connectivity index (χ1) is 16.5. The summed E-state index contributed by atoms with van der Waals surface area (Å²) in [5, 5.41) is 12.1. The molecular formula is C25H28N2O7. The summed E-state index contributed by atoms with van der Waals surface area (Å²) in [5.74, 6) is 0.216. The van der Waals surface area contributed by atoms with Crippen LogP contribution in [-0.4, -0.2) is 53.0 Å². The fraction of sp³-hybridized carbons (Fsp3) is 0.320. The van der Waals surface area contributed by atoms with Crippen LogP contribution >= 0.6 is 0 Å². The van der Waals surface area contributed by atoms with Gasteiger partial charge in [0, 0.05) is 19.8 Å². The van der Waals surface area contributed by atoms with Crippen LogP contribution in [0.1, 0.15) is 29.3 Å². The molecule has 0 saturated heterocycles. The fourth-order valence-corrected chi connectivity index (χ4v) is 2.91. The van der Waals surface area contributed by atoms with Crippen molar-refractivity contribution in [1.29, 1.82) is 5.26 Å². The molecule has 180 valence electrons. The zero-order valence-electron chi connectivity index (χ0n) is 19.7. The van der Waals surface area contributed by atoms with Crippen LogP contribution in [0.2, 0.25) is 0 Å². The number of nitriles is 1. The van der Waals surface area contributed by atoms with Gasteiger partial charge in [-0.05, 0) is 55.3 Å². The first-order valence-electron chi connectivity index (χ1n) is 10.6. The molecule has 1 N–H and O–H groups in total. The topological polar surface area (TPSA) is 116 Å². The predicted octanol–water partition coefficient (Wildman–Crippen LogP) is 3.38. The number of rotatable bonds is 12. The third-order valence-corrected chi connectivity index (χ3v) is 4.64. The number of hydrogen-bond donors (Lipinski definition) is 1. The van der Waals surface area contributed by atoms with Crippen LogP contribution < -0.4 is 24.3 Å². The molecule has 0 aliphatic rings. The van der Waals surface area contributed by atoms with Crippen LogP contribution in [0.4, 0.5) is 0 Å². The fourth-order valence-electron chi connectivity index (χ4n) is 2.91. The van der Waals surface area contributed by atoms with E-state index in [2.05, 4.69) is 5.32 Å². The molecule has 0 aliphatic heterocycles. The molecule has 0 radical (unpaired) electrons. The first kappa shape index (κ1) is 26.2. The normalized spacial score (nSPS) is 10.7. The molecule has 0 unspecified atom stereocenters. The third kappa shape index (κ3) is 7.25. The van der Waals surface area contributed by atoms with Crippen LogP contribution in [0, 0.1) is 11.3 Å². The van der Waals surface area contributed by atoms with Gasteiger partial charge < -0.3 is 29.0 Å². The maximum atomic E-state index is 12.6. The third-order valence-electron chi connectivity index (χ3n) is 4.64. The highest BCUT2D eigenvalue weighted by Crippen LogP contribution is 2.31. The molecule has 0 heterocycles. The average Bonchev–Trinajstić information content (AvgIpc) is 2.87. The minimum absolute atomic E-state index is 0.0615. The lowest BCUT2D eigenvalue weighted by Crippen LogP contribution is -2.26. The van der Waals surface area contributed by atoms with Crippen molar-refractivity contribution < 1.29 is 33.3 Å². The van der Waals surface area contributed by atoms with Crippen LogP contribution in [0.3, 0.4) is 0 Å². The molecule has 34 heavy (non-hydrogen) atoms. The summed E-state index contributed by atoms with van der Waals surface area (Å²) in [5.41, 5.74) is 0.730. The standard InChI is InChI=1S/C25H28N2O7/c1-5-33-12-6-11-27-24(28)19(16-26)13-17-7-9-21(22(14-17)31-3)34-25(29)18-8-10-20(30-2)23(15-18)32-4/h7-10,13-15H,5-6,11-12H2,1-4H3,(H,27,28)/b19-13+. The van der Waals surface area contributed by atoms with Crippen molar-refractivity contribution >= 4 is 18.0 Å². The molecule has 0 aromatic heterocycles. The van der Waals surface area contributed by atoms with Gasteiger partial charge in [-0.2, -0.15) is 5.26 Å². The zero-order valence-corrected chi connectivity index (χ0v) is 19.7. The largest absolute Gasteiger partial charge is 0.493 e. The molecule has 0 atom stereocenters. The van der Waals surface area contributed by atoms with E-state index in [4.69, 9.17) is 23.7 Å². The molecule has 2 aromatic rings. The number of hydrogen-bond acceptors (Lipinski definition) is 8. The van der Waals surface area contributed by atoms with Gasteiger partial charge in [0.25, 0.3) is 5.91 Å². The lowest BCUT2D eigenvalue weighted by atomic mass is 10.1. The number of carbonyl (C=O) groups is 2. The van der Waals surface area contributed by atoms with E-state index in [-0.39, 0.29) is 22.6 Å². The summed E-state index contributed by atoms with van der Waals surface area (Å²) in [4.78, 5) is 24.9. The molecule has 0 bridgehead atoms. The lowest BCUT2D eigenvalue weighted by molar-refractivity contribution is -0.117. The van der Waals surface area contributed by atoms with Gasteiger partial charge in [0.05, 0.1) is 26.9 Å². The average molecular weight is 469 g/mol. The number of amides is 1. The number of esters is 1. The van der Waals surface area contributed by atoms with E-state index in [1.807, 2.05) is 13.0 Å². The van der Waals surface area contributed by atoms with Crippen LogP contribution in [0.5, 0.6) is 23.0 Å². The number of methoxy groups -OCH3 is 3. The minimum atomic E-state index is -0.619. The molecule has 0 fully saturated rings. The molecule has 2 aromatic carbocycles. The SMILES string of the molecule is CCOCCCNC(=O)/C(C#N)=C/c1ccc(OC(=O)c2ccc(OC)c(OC)c2)c(OC)c1. The Balaban J connectivity index is 2.14. The second-order valence-electron chi connectivity index (χ2n) is 6.85. The minimum Gasteiger partial charge on any atom is -0.493 e. The quantitative estimate of drug-likeness (QED) is 0.166. The Hall–Kier alpha value is -4.03. The summed E-state index contributed by atoms with van der Waals surface area (Å²) >= 11 is 0. The summed E-state index contributed by atoms with van der Waals surface area (Å²) in [6.07, 6.45) is 2.08. The van der Waals surface area contributed by atoms with Gasteiger partial charge in [-0.15, -0.1) is 0 Å². The first-order valence-corrected chi connectivity index (χ1v) is 10.6. The van der Waals surface area contributed by atoms with Crippen molar-refractivity contribution in [2.75, 3.05) is 41.1 Å². The maximum absolute atomic E-state index is 12.6. The monoisotopic (exact) mass is 468 g/mol. The molecule has 1 amide bonds. The molecule has 0 spiro atoms. The van der Waals surface area contributed by atoms with E-state index < -0.39 is 11.9 Å².